The standard InChI is InChI=1S/C4H10S2/c1-5-3-4-6-2/h3-4H2,1-2H3. The van der Waals surface area contributed by atoms with Gasteiger partial charge in [-0.1, -0.05) is 0 Å². The van der Waals surface area contributed by atoms with Crippen LogP contribution in [0.5, 0.6) is 0 Å². The van der Waals surface area contributed by atoms with Gasteiger partial charge in [-0.2, -0.15) is 23.5 Å². The lowest BCUT2D eigenvalue weighted by Gasteiger charge is -1.86. The molecule has 0 bridgehead atoms. The zero-order chi connectivity index (χ0) is 4.83. The molecule has 0 N–H and O–H groups in total. The fourth-order valence-electron chi connectivity index (χ4n) is 0.167. The summed E-state index contributed by atoms with van der Waals surface area (Å²) >= 11 is 3.81. The van der Waals surface area contributed by atoms with E-state index in [1.807, 2.05) is 23.5 Å². The van der Waals surface area contributed by atoms with Crippen LogP contribution in [0.25, 0.3) is 0 Å². The molecule has 0 saturated heterocycles. The molecule has 0 aromatic carbocycles. The maximum atomic E-state index is 2.14. The summed E-state index contributed by atoms with van der Waals surface area (Å²) in [5.41, 5.74) is 0. The Kier molecular flexibility index (Phi) is 6.36. The second kappa shape index (κ2) is 5.70. The minimum absolute atomic E-state index is 1.29. The third kappa shape index (κ3) is 4.70. The van der Waals surface area contributed by atoms with Crippen molar-refractivity contribution in [2.45, 2.75) is 0 Å². The van der Waals surface area contributed by atoms with Gasteiger partial charge in [0, 0.05) is 11.5 Å². The molecule has 0 amide bonds. The van der Waals surface area contributed by atoms with E-state index in [1.54, 1.807) is 0 Å². The molecule has 0 fully saturated rings. The van der Waals surface area contributed by atoms with Gasteiger partial charge in [-0.3, -0.25) is 0 Å². The van der Waals surface area contributed by atoms with Crippen LogP contribution in [-0.4, -0.2) is 24.0 Å². The maximum Gasteiger partial charge on any atom is 0.00207 e. The van der Waals surface area contributed by atoms with E-state index in [4.69, 9.17) is 0 Å². The average molecular weight is 122 g/mol. The predicted molar refractivity (Wildman–Crippen MR) is 36.8 cm³/mol. The van der Waals surface area contributed by atoms with E-state index in [0.717, 1.165) is 0 Å². The van der Waals surface area contributed by atoms with Crippen molar-refractivity contribution < 1.29 is 0 Å². The summed E-state index contributed by atoms with van der Waals surface area (Å²) in [5, 5.41) is 0. The quantitative estimate of drug-likeness (QED) is 0.523. The van der Waals surface area contributed by atoms with Gasteiger partial charge in [0.15, 0.2) is 0 Å². The molecule has 0 nitrogen and oxygen atoms in total. The fourth-order valence-corrected chi connectivity index (χ4v) is 1.50. The van der Waals surface area contributed by atoms with Gasteiger partial charge in [-0.05, 0) is 12.5 Å². The zero-order valence-electron chi connectivity index (χ0n) is 4.23. The average Bonchev–Trinajstić information content (AvgIpc) is 1.61. The smallest absolute Gasteiger partial charge is 0.00207 e. The van der Waals surface area contributed by atoms with Crippen LogP contribution in [0.4, 0.5) is 0 Å². The topological polar surface area (TPSA) is 0 Å². The molecule has 0 atom stereocenters. The second-order valence-corrected chi connectivity index (χ2v) is 2.96. The molecule has 0 spiro atoms. The van der Waals surface area contributed by atoms with Crippen molar-refractivity contribution in [2.75, 3.05) is 24.0 Å². The number of rotatable bonds is 3. The minimum Gasteiger partial charge on any atom is -0.165 e. The molecule has 0 aromatic heterocycles. The molecular formula is C4H10S2. The predicted octanol–water partition coefficient (Wildman–Crippen LogP) is 1.71. The van der Waals surface area contributed by atoms with Crippen LogP contribution in [0.2, 0.25) is 0 Å². The van der Waals surface area contributed by atoms with Crippen LogP contribution >= 0.6 is 23.5 Å². The monoisotopic (exact) mass is 122 g/mol. The van der Waals surface area contributed by atoms with Crippen molar-refractivity contribution >= 4 is 23.5 Å². The van der Waals surface area contributed by atoms with Crippen molar-refractivity contribution in [1.82, 2.24) is 0 Å². The first-order valence-corrected chi connectivity index (χ1v) is 4.68. The van der Waals surface area contributed by atoms with E-state index in [2.05, 4.69) is 12.5 Å². The van der Waals surface area contributed by atoms with Gasteiger partial charge in [-0.15, -0.1) is 0 Å². The van der Waals surface area contributed by atoms with Crippen molar-refractivity contribution in [2.24, 2.45) is 0 Å². The van der Waals surface area contributed by atoms with Crippen LogP contribution < -0.4 is 0 Å². The SMILES string of the molecule is CSCCSC. The van der Waals surface area contributed by atoms with Gasteiger partial charge in [-0.25, -0.2) is 0 Å². The van der Waals surface area contributed by atoms with Crippen molar-refractivity contribution in [3.05, 3.63) is 0 Å². The van der Waals surface area contributed by atoms with Gasteiger partial charge in [0.05, 0.1) is 0 Å². The van der Waals surface area contributed by atoms with Gasteiger partial charge in [0.2, 0.25) is 0 Å². The fraction of sp³-hybridized carbons (Fsp3) is 1.00. The molecule has 0 radical (unpaired) electrons. The van der Waals surface area contributed by atoms with E-state index in [1.165, 1.54) is 11.5 Å². The summed E-state index contributed by atoms with van der Waals surface area (Å²) < 4.78 is 0. The first-order chi connectivity index (χ1) is 2.91. The van der Waals surface area contributed by atoms with Crippen LogP contribution in [0.3, 0.4) is 0 Å². The summed E-state index contributed by atoms with van der Waals surface area (Å²) in [6, 6.07) is 0. The summed E-state index contributed by atoms with van der Waals surface area (Å²) in [5.74, 6) is 2.59. The summed E-state index contributed by atoms with van der Waals surface area (Å²) in [7, 11) is 0. The Bertz CT molecular complexity index is 17.5. The second-order valence-electron chi connectivity index (χ2n) is 0.986. The Labute approximate surface area is 48.1 Å². The maximum absolute atomic E-state index is 2.14. The molecular weight excluding hydrogens is 112 g/mol. The van der Waals surface area contributed by atoms with E-state index < -0.39 is 0 Å². The van der Waals surface area contributed by atoms with E-state index in [0.29, 0.717) is 0 Å². The largest absolute Gasteiger partial charge is 0.165 e. The number of hydrogen-bond acceptors (Lipinski definition) is 2. The zero-order valence-corrected chi connectivity index (χ0v) is 5.86. The number of thioether (sulfide) groups is 2. The summed E-state index contributed by atoms with van der Waals surface area (Å²) in [4.78, 5) is 0. The summed E-state index contributed by atoms with van der Waals surface area (Å²) in [6.07, 6.45) is 4.27. The van der Waals surface area contributed by atoms with Gasteiger partial charge < -0.3 is 0 Å². The van der Waals surface area contributed by atoms with E-state index >= 15 is 0 Å². The third-order valence-corrected chi connectivity index (χ3v) is 1.97. The first kappa shape index (κ1) is 6.70. The Balaban J connectivity index is 2.34. The Morgan fingerprint density at radius 1 is 1.00 bits per heavy atom. The molecule has 0 aliphatic carbocycles. The molecule has 38 valence electrons. The molecule has 0 heterocycles. The van der Waals surface area contributed by atoms with Crippen LogP contribution in [-0.2, 0) is 0 Å². The Morgan fingerprint density at radius 3 is 1.50 bits per heavy atom. The Hall–Kier alpha value is 0.700. The molecule has 0 saturated carbocycles. The molecule has 2 heteroatoms. The molecule has 0 rings (SSSR count). The summed E-state index contributed by atoms with van der Waals surface area (Å²) in [6.45, 7) is 0. The highest BCUT2D eigenvalue weighted by Gasteiger charge is 1.75. The highest BCUT2D eigenvalue weighted by molar-refractivity contribution is 8.02. The number of hydrogen-bond donors (Lipinski definition) is 0. The van der Waals surface area contributed by atoms with Crippen molar-refractivity contribution in [1.29, 1.82) is 0 Å². The van der Waals surface area contributed by atoms with Gasteiger partial charge >= 0.3 is 0 Å². The van der Waals surface area contributed by atoms with Gasteiger partial charge in [0.1, 0.15) is 0 Å². The lowest BCUT2D eigenvalue weighted by atomic mass is 11.0. The first-order valence-electron chi connectivity index (χ1n) is 1.89. The lowest BCUT2D eigenvalue weighted by Crippen LogP contribution is -1.77. The van der Waals surface area contributed by atoms with Crippen LogP contribution in [0, 0.1) is 0 Å². The molecule has 6 heavy (non-hydrogen) atoms. The van der Waals surface area contributed by atoms with E-state index in [-0.39, 0.29) is 0 Å². The molecule has 0 aromatic rings. The molecule has 0 aliphatic heterocycles. The van der Waals surface area contributed by atoms with E-state index in [9.17, 15) is 0 Å². The highest BCUT2D eigenvalue weighted by atomic mass is 32.2. The van der Waals surface area contributed by atoms with Crippen molar-refractivity contribution in [3.8, 4) is 0 Å². The minimum atomic E-state index is 1.29. The highest BCUT2D eigenvalue weighted by Crippen LogP contribution is 1.97. The van der Waals surface area contributed by atoms with Crippen molar-refractivity contribution in [3.63, 3.8) is 0 Å². The van der Waals surface area contributed by atoms with Gasteiger partial charge in [0.25, 0.3) is 0 Å². The molecule has 0 aliphatic rings. The van der Waals surface area contributed by atoms with Crippen LogP contribution in [0.1, 0.15) is 0 Å². The normalized spacial score (nSPS) is 9.00. The van der Waals surface area contributed by atoms with Crippen LogP contribution in [0.15, 0.2) is 0 Å². The third-order valence-electron chi connectivity index (χ3n) is 0.492. The lowest BCUT2D eigenvalue weighted by molar-refractivity contribution is 1.56. The Morgan fingerprint density at radius 2 is 1.33 bits per heavy atom. The molecule has 0 unspecified atom stereocenters.